The van der Waals surface area contributed by atoms with Gasteiger partial charge < -0.3 is 9.47 Å². The molecule has 8 nitrogen and oxygen atoms in total. The number of rotatable bonds is 8. The molecular weight excluding hydrogens is 474 g/mol. The van der Waals surface area contributed by atoms with Crippen LogP contribution in [-0.4, -0.2) is 51.4 Å². The number of para-hydroxylation sites is 2. The molecule has 5 rings (SSSR count). The molecule has 1 aliphatic rings. The number of ether oxygens (including phenoxy) is 2. The summed E-state index contributed by atoms with van der Waals surface area (Å²) in [6.45, 7) is 0. The lowest BCUT2D eigenvalue weighted by Gasteiger charge is -2.22. The van der Waals surface area contributed by atoms with E-state index in [1.165, 1.54) is 11.8 Å². The maximum atomic E-state index is 13.5. The van der Waals surface area contributed by atoms with E-state index in [1.54, 1.807) is 25.6 Å². The molecule has 0 saturated carbocycles. The average molecular weight is 500 g/mol. The predicted octanol–water partition coefficient (Wildman–Crippen LogP) is 4.75. The SMILES string of the molecule is COc1ccc([C@@H]2CC(c3ccccc3)=NN2C(=O)CSc2nncn2-c2ccccc2OC)cc1. The van der Waals surface area contributed by atoms with E-state index in [4.69, 9.17) is 14.6 Å². The van der Waals surface area contributed by atoms with Crippen molar-refractivity contribution in [1.29, 1.82) is 0 Å². The van der Waals surface area contributed by atoms with E-state index in [2.05, 4.69) is 10.2 Å². The minimum atomic E-state index is -0.203. The number of hydrazone groups is 1. The molecule has 1 atom stereocenters. The van der Waals surface area contributed by atoms with Crippen LogP contribution < -0.4 is 9.47 Å². The van der Waals surface area contributed by atoms with Crippen LogP contribution in [0.2, 0.25) is 0 Å². The lowest BCUT2D eigenvalue weighted by atomic mass is 9.98. The predicted molar refractivity (Wildman–Crippen MR) is 139 cm³/mol. The summed E-state index contributed by atoms with van der Waals surface area (Å²) in [6.07, 6.45) is 2.25. The third-order valence-electron chi connectivity index (χ3n) is 5.96. The number of carbonyl (C=O) groups is 1. The van der Waals surface area contributed by atoms with Crippen LogP contribution in [0.3, 0.4) is 0 Å². The fourth-order valence-electron chi connectivity index (χ4n) is 4.14. The second kappa shape index (κ2) is 10.7. The van der Waals surface area contributed by atoms with Gasteiger partial charge in [-0.05, 0) is 35.4 Å². The van der Waals surface area contributed by atoms with Crippen molar-refractivity contribution in [2.24, 2.45) is 5.10 Å². The second-order valence-corrected chi connectivity index (χ2v) is 9.03. The molecule has 0 unspecified atom stereocenters. The lowest BCUT2D eigenvalue weighted by molar-refractivity contribution is -0.130. The van der Waals surface area contributed by atoms with Crippen molar-refractivity contribution < 1.29 is 14.3 Å². The van der Waals surface area contributed by atoms with Crippen LogP contribution in [0, 0.1) is 0 Å². The van der Waals surface area contributed by atoms with Crippen LogP contribution in [0.5, 0.6) is 11.5 Å². The molecule has 0 N–H and O–H groups in total. The van der Waals surface area contributed by atoms with Gasteiger partial charge in [-0.1, -0.05) is 66.4 Å². The number of nitrogens with zero attached hydrogens (tertiary/aromatic N) is 5. The molecule has 9 heteroatoms. The summed E-state index contributed by atoms with van der Waals surface area (Å²) >= 11 is 1.32. The minimum absolute atomic E-state index is 0.110. The summed E-state index contributed by atoms with van der Waals surface area (Å²) in [4.78, 5) is 13.5. The van der Waals surface area contributed by atoms with Crippen LogP contribution in [0.4, 0.5) is 0 Å². The van der Waals surface area contributed by atoms with Crippen molar-refractivity contribution in [2.45, 2.75) is 17.6 Å². The Morgan fingerprint density at radius 1 is 0.972 bits per heavy atom. The Labute approximate surface area is 213 Å². The molecular formula is C27H25N5O3S. The molecule has 0 radical (unpaired) electrons. The van der Waals surface area contributed by atoms with Crippen molar-refractivity contribution in [2.75, 3.05) is 20.0 Å². The molecule has 182 valence electrons. The molecule has 4 aromatic rings. The third-order valence-corrected chi connectivity index (χ3v) is 6.89. The molecule has 0 aliphatic carbocycles. The molecule has 3 aromatic carbocycles. The Bertz CT molecular complexity index is 1370. The standard InChI is InChI=1S/C27H25N5O3S/c1-34-21-14-12-20(13-15-21)24-16-22(19-8-4-3-5-9-19)30-32(24)26(33)17-36-27-29-28-18-31(27)23-10-6-7-11-25(23)35-2/h3-15,18,24H,16-17H2,1-2H3/t24-/m0/s1. The number of amides is 1. The quantitative estimate of drug-likeness (QED) is 0.325. The highest BCUT2D eigenvalue weighted by Gasteiger charge is 2.33. The van der Waals surface area contributed by atoms with Gasteiger partial charge in [0.15, 0.2) is 5.16 Å². The Hall–Kier alpha value is -4.11. The zero-order valence-corrected chi connectivity index (χ0v) is 20.8. The number of hydrogen-bond donors (Lipinski definition) is 0. The number of aromatic nitrogens is 3. The van der Waals surface area contributed by atoms with Gasteiger partial charge in [0.1, 0.15) is 17.8 Å². The number of hydrogen-bond acceptors (Lipinski definition) is 7. The highest BCUT2D eigenvalue weighted by Crippen LogP contribution is 2.35. The van der Waals surface area contributed by atoms with Gasteiger partial charge in [-0.25, -0.2) is 5.01 Å². The fourth-order valence-corrected chi connectivity index (χ4v) is 4.91. The number of carbonyl (C=O) groups excluding carboxylic acids is 1. The van der Waals surface area contributed by atoms with Gasteiger partial charge in [0, 0.05) is 6.42 Å². The number of methoxy groups -OCH3 is 2. The van der Waals surface area contributed by atoms with Gasteiger partial charge in [-0.2, -0.15) is 5.10 Å². The first kappa shape index (κ1) is 23.6. The summed E-state index contributed by atoms with van der Waals surface area (Å²) < 4.78 is 12.6. The second-order valence-electron chi connectivity index (χ2n) is 8.09. The Kier molecular flexibility index (Phi) is 6.99. The van der Waals surface area contributed by atoms with E-state index in [0.717, 1.165) is 28.3 Å². The van der Waals surface area contributed by atoms with Gasteiger partial charge in [-0.3, -0.25) is 9.36 Å². The minimum Gasteiger partial charge on any atom is -0.497 e. The normalized spacial score (nSPS) is 15.0. The maximum absolute atomic E-state index is 13.5. The van der Waals surface area contributed by atoms with Gasteiger partial charge in [0.25, 0.3) is 5.91 Å². The van der Waals surface area contributed by atoms with Gasteiger partial charge in [0.05, 0.1) is 37.4 Å². The fraction of sp³-hybridized carbons (Fsp3) is 0.185. The van der Waals surface area contributed by atoms with Crippen molar-refractivity contribution in [3.63, 3.8) is 0 Å². The molecule has 36 heavy (non-hydrogen) atoms. The Balaban J connectivity index is 1.38. The topological polar surface area (TPSA) is 81.8 Å². The number of benzene rings is 3. The van der Waals surface area contributed by atoms with Crippen LogP contribution >= 0.6 is 11.8 Å². The molecule has 0 bridgehead atoms. The third kappa shape index (κ3) is 4.83. The highest BCUT2D eigenvalue weighted by atomic mass is 32.2. The smallest absolute Gasteiger partial charge is 0.253 e. The molecule has 2 heterocycles. The van der Waals surface area contributed by atoms with Gasteiger partial charge in [0.2, 0.25) is 0 Å². The van der Waals surface area contributed by atoms with E-state index >= 15 is 0 Å². The molecule has 0 saturated heterocycles. The van der Waals surface area contributed by atoms with E-state index < -0.39 is 0 Å². The number of thioether (sulfide) groups is 1. The Morgan fingerprint density at radius 2 is 1.72 bits per heavy atom. The molecule has 1 aliphatic heterocycles. The van der Waals surface area contributed by atoms with Crippen LogP contribution in [-0.2, 0) is 4.79 Å². The lowest BCUT2D eigenvalue weighted by Crippen LogP contribution is -2.28. The largest absolute Gasteiger partial charge is 0.497 e. The first-order valence-corrected chi connectivity index (χ1v) is 12.4. The highest BCUT2D eigenvalue weighted by molar-refractivity contribution is 7.99. The van der Waals surface area contributed by atoms with E-state index in [0.29, 0.717) is 17.3 Å². The van der Waals surface area contributed by atoms with Crippen LogP contribution in [0.15, 0.2) is 95.4 Å². The van der Waals surface area contributed by atoms with Crippen molar-refractivity contribution in [3.05, 3.63) is 96.3 Å². The van der Waals surface area contributed by atoms with Crippen molar-refractivity contribution in [3.8, 4) is 17.2 Å². The molecule has 1 aromatic heterocycles. The van der Waals surface area contributed by atoms with E-state index in [9.17, 15) is 4.79 Å². The summed E-state index contributed by atoms with van der Waals surface area (Å²) in [6, 6.07) is 25.1. The zero-order chi connectivity index (χ0) is 24.9. The summed E-state index contributed by atoms with van der Waals surface area (Å²) in [5.74, 6) is 1.51. The summed E-state index contributed by atoms with van der Waals surface area (Å²) in [5, 5.41) is 15.2. The summed E-state index contributed by atoms with van der Waals surface area (Å²) in [7, 11) is 3.26. The average Bonchev–Trinajstić information content (AvgIpc) is 3.60. The van der Waals surface area contributed by atoms with E-state index in [-0.39, 0.29) is 17.7 Å². The molecule has 0 spiro atoms. The Morgan fingerprint density at radius 3 is 2.47 bits per heavy atom. The van der Waals surface area contributed by atoms with Crippen LogP contribution in [0.25, 0.3) is 5.69 Å². The first-order chi connectivity index (χ1) is 17.7. The van der Waals surface area contributed by atoms with Crippen molar-refractivity contribution >= 4 is 23.4 Å². The van der Waals surface area contributed by atoms with Gasteiger partial charge in [-0.15, -0.1) is 10.2 Å². The monoisotopic (exact) mass is 499 g/mol. The van der Waals surface area contributed by atoms with Gasteiger partial charge >= 0.3 is 0 Å². The van der Waals surface area contributed by atoms with Crippen molar-refractivity contribution in [1.82, 2.24) is 19.8 Å². The maximum Gasteiger partial charge on any atom is 0.253 e. The zero-order valence-electron chi connectivity index (χ0n) is 19.9. The molecule has 1 amide bonds. The van der Waals surface area contributed by atoms with Crippen LogP contribution in [0.1, 0.15) is 23.6 Å². The first-order valence-electron chi connectivity index (χ1n) is 11.4. The summed E-state index contributed by atoms with van der Waals surface area (Å²) in [5.41, 5.74) is 3.70. The van der Waals surface area contributed by atoms with E-state index in [1.807, 2.05) is 83.4 Å². The molecule has 0 fully saturated rings.